The maximum Gasteiger partial charge on any atom is 0.309 e. The van der Waals surface area contributed by atoms with Crippen LogP contribution in [0.25, 0.3) is 0 Å². The molecule has 0 aromatic heterocycles. The Labute approximate surface area is 109 Å². The van der Waals surface area contributed by atoms with E-state index in [0.29, 0.717) is 0 Å². The highest BCUT2D eigenvalue weighted by molar-refractivity contribution is 5.75. The van der Waals surface area contributed by atoms with Crippen molar-refractivity contribution in [2.24, 2.45) is 11.8 Å². The van der Waals surface area contributed by atoms with Crippen molar-refractivity contribution in [2.45, 2.75) is 45.6 Å². The summed E-state index contributed by atoms with van der Waals surface area (Å²) >= 11 is 0. The van der Waals surface area contributed by atoms with Crippen LogP contribution in [0, 0.1) is 11.8 Å². The Bertz CT molecular complexity index is 381. The van der Waals surface area contributed by atoms with Crippen molar-refractivity contribution in [3.05, 3.63) is 23.3 Å². The summed E-state index contributed by atoms with van der Waals surface area (Å²) in [6, 6.07) is 0. The molecule has 0 amide bonds. The molecule has 0 unspecified atom stereocenters. The normalized spacial score (nSPS) is 39.1. The highest BCUT2D eigenvalue weighted by Crippen LogP contribution is 2.35. The van der Waals surface area contributed by atoms with Gasteiger partial charge in [0.15, 0.2) is 0 Å². The molecule has 1 fully saturated rings. The number of carbonyl (C=O) groups is 1. The zero-order chi connectivity index (χ0) is 13.1. The molecule has 1 aliphatic carbocycles. The fraction of sp³-hybridized carbons (Fsp3) is 0.667. The van der Waals surface area contributed by atoms with Crippen LogP contribution in [0.5, 0.6) is 0 Å². The summed E-state index contributed by atoms with van der Waals surface area (Å²) in [5, 5.41) is 9.36. The highest BCUT2D eigenvalue weighted by Gasteiger charge is 2.40. The smallest absolute Gasteiger partial charge is 0.309 e. The maximum absolute atomic E-state index is 11.7. The van der Waals surface area contributed by atoms with Crippen molar-refractivity contribution >= 4 is 5.97 Å². The van der Waals surface area contributed by atoms with Crippen molar-refractivity contribution in [3.8, 4) is 0 Å². The Morgan fingerprint density at radius 3 is 2.94 bits per heavy atom. The molecule has 18 heavy (non-hydrogen) atoms. The second-order valence-electron chi connectivity index (χ2n) is 5.46. The molecule has 1 saturated heterocycles. The molecule has 0 aromatic carbocycles. The summed E-state index contributed by atoms with van der Waals surface area (Å²) in [5.74, 6) is 0.123. The van der Waals surface area contributed by atoms with Crippen LogP contribution in [0.4, 0.5) is 0 Å². The van der Waals surface area contributed by atoms with Gasteiger partial charge in [-0.2, -0.15) is 0 Å². The molecule has 100 valence electrons. The van der Waals surface area contributed by atoms with Crippen molar-refractivity contribution in [3.63, 3.8) is 0 Å². The fourth-order valence-corrected chi connectivity index (χ4v) is 2.81. The summed E-state index contributed by atoms with van der Waals surface area (Å²) in [6.07, 6.45) is 7.90. The van der Waals surface area contributed by atoms with Crippen LogP contribution in [-0.4, -0.2) is 23.8 Å². The van der Waals surface area contributed by atoms with Crippen LogP contribution in [0.15, 0.2) is 23.3 Å². The van der Waals surface area contributed by atoms with Crippen LogP contribution in [0.2, 0.25) is 0 Å². The van der Waals surface area contributed by atoms with Gasteiger partial charge in [0, 0.05) is 5.92 Å². The molecule has 2 rings (SSSR count). The first kappa shape index (κ1) is 13.3. The molecule has 3 atom stereocenters. The number of hydrogen-bond acceptors (Lipinski definition) is 3. The number of fused-ring (bicyclic) bond motifs is 1. The van der Waals surface area contributed by atoms with Gasteiger partial charge < -0.3 is 9.84 Å². The zero-order valence-electron chi connectivity index (χ0n) is 11.2. The molecule has 0 saturated carbocycles. The Balaban J connectivity index is 2.23. The Morgan fingerprint density at radius 2 is 2.22 bits per heavy atom. The molecule has 2 aliphatic rings. The third kappa shape index (κ3) is 2.83. The van der Waals surface area contributed by atoms with E-state index in [2.05, 4.69) is 13.0 Å². The second-order valence-corrected chi connectivity index (χ2v) is 5.46. The Kier molecular flexibility index (Phi) is 4.23. The van der Waals surface area contributed by atoms with E-state index < -0.39 is 0 Å². The van der Waals surface area contributed by atoms with Crippen molar-refractivity contribution in [1.82, 2.24) is 0 Å². The third-order valence-electron chi connectivity index (χ3n) is 4.12. The largest absolute Gasteiger partial charge is 0.458 e. The number of esters is 1. The van der Waals surface area contributed by atoms with Crippen LogP contribution in [0.1, 0.15) is 39.5 Å². The maximum atomic E-state index is 11.7. The number of hydrogen-bond donors (Lipinski definition) is 1. The van der Waals surface area contributed by atoms with Crippen LogP contribution in [0.3, 0.4) is 0 Å². The van der Waals surface area contributed by atoms with Crippen LogP contribution in [-0.2, 0) is 9.53 Å². The van der Waals surface area contributed by atoms with E-state index >= 15 is 0 Å². The van der Waals surface area contributed by atoms with Crippen LogP contribution >= 0.6 is 0 Å². The minimum absolute atomic E-state index is 0.0292. The van der Waals surface area contributed by atoms with Gasteiger partial charge in [0.05, 0.1) is 12.5 Å². The van der Waals surface area contributed by atoms with Gasteiger partial charge in [-0.25, -0.2) is 0 Å². The molecule has 3 heteroatoms. The lowest BCUT2D eigenvalue weighted by Gasteiger charge is -2.19. The van der Waals surface area contributed by atoms with E-state index in [0.717, 1.165) is 31.3 Å². The monoisotopic (exact) mass is 250 g/mol. The van der Waals surface area contributed by atoms with Gasteiger partial charge in [-0.1, -0.05) is 18.6 Å². The van der Waals surface area contributed by atoms with Crippen molar-refractivity contribution < 1.29 is 14.6 Å². The lowest BCUT2D eigenvalue weighted by molar-refractivity contribution is -0.142. The minimum atomic E-state index is -0.138. The minimum Gasteiger partial charge on any atom is -0.458 e. The standard InChI is InChI=1S/C15H22O3/c1-10-4-3-5-12(9-16)8-14-13(7-6-10)11(2)15(17)18-14/h4,8,11,13-14,16H,3,5-7,9H2,1-2H3/b10-4+,12-8-/t11-,13-,14-/m0/s1. The molecule has 0 bridgehead atoms. The zero-order valence-corrected chi connectivity index (χ0v) is 11.2. The number of ether oxygens (including phenoxy) is 1. The molecular weight excluding hydrogens is 228 g/mol. The predicted octanol–water partition coefficient (Wildman–Crippen LogP) is 2.60. The van der Waals surface area contributed by atoms with Gasteiger partial charge in [0.25, 0.3) is 0 Å². The molecule has 0 radical (unpaired) electrons. The average Bonchev–Trinajstić information content (AvgIpc) is 2.61. The molecular formula is C15H22O3. The Hall–Kier alpha value is -1.09. The first-order chi connectivity index (χ1) is 8.61. The molecule has 1 N–H and O–H groups in total. The van der Waals surface area contributed by atoms with Gasteiger partial charge in [-0.3, -0.25) is 4.79 Å². The molecule has 0 spiro atoms. The Morgan fingerprint density at radius 1 is 1.44 bits per heavy atom. The summed E-state index contributed by atoms with van der Waals surface area (Å²) < 4.78 is 5.43. The number of carbonyl (C=O) groups excluding carboxylic acids is 1. The summed E-state index contributed by atoms with van der Waals surface area (Å²) in [6.45, 7) is 4.15. The van der Waals surface area contributed by atoms with Crippen molar-refractivity contribution in [1.29, 1.82) is 0 Å². The molecule has 3 nitrogen and oxygen atoms in total. The van der Waals surface area contributed by atoms with Crippen LogP contribution < -0.4 is 0 Å². The van der Waals surface area contributed by atoms with Gasteiger partial charge in [0.2, 0.25) is 0 Å². The average molecular weight is 250 g/mol. The number of allylic oxidation sites excluding steroid dienone is 2. The number of aliphatic hydroxyl groups is 1. The fourth-order valence-electron chi connectivity index (χ4n) is 2.81. The highest BCUT2D eigenvalue weighted by atomic mass is 16.6. The number of rotatable bonds is 1. The lowest BCUT2D eigenvalue weighted by atomic mass is 9.85. The third-order valence-corrected chi connectivity index (χ3v) is 4.12. The van der Waals surface area contributed by atoms with E-state index in [1.54, 1.807) is 0 Å². The van der Waals surface area contributed by atoms with E-state index in [9.17, 15) is 9.90 Å². The summed E-state index contributed by atoms with van der Waals surface area (Å²) in [7, 11) is 0. The van der Waals surface area contributed by atoms with E-state index in [1.807, 2.05) is 13.0 Å². The first-order valence-electron chi connectivity index (χ1n) is 6.78. The molecule has 1 aliphatic heterocycles. The topological polar surface area (TPSA) is 46.5 Å². The van der Waals surface area contributed by atoms with E-state index in [1.165, 1.54) is 5.57 Å². The van der Waals surface area contributed by atoms with E-state index in [4.69, 9.17) is 4.74 Å². The van der Waals surface area contributed by atoms with E-state index in [-0.39, 0.29) is 30.5 Å². The first-order valence-corrected chi connectivity index (χ1v) is 6.78. The van der Waals surface area contributed by atoms with Gasteiger partial charge in [0.1, 0.15) is 6.10 Å². The second kappa shape index (κ2) is 5.70. The lowest BCUT2D eigenvalue weighted by Crippen LogP contribution is -2.19. The predicted molar refractivity (Wildman–Crippen MR) is 69.9 cm³/mol. The van der Waals surface area contributed by atoms with Gasteiger partial charge >= 0.3 is 5.97 Å². The SMILES string of the molecule is C/C1=C\CC/C(CO)=C/[C@@H]2OC(=O)[C@@H](C)[C@@H]2CC1. The van der Waals surface area contributed by atoms with Gasteiger partial charge in [-0.05, 0) is 44.3 Å². The number of aliphatic hydroxyl groups excluding tert-OH is 1. The van der Waals surface area contributed by atoms with Crippen molar-refractivity contribution in [2.75, 3.05) is 6.61 Å². The summed E-state index contributed by atoms with van der Waals surface area (Å²) in [4.78, 5) is 11.7. The molecule has 1 heterocycles. The summed E-state index contributed by atoms with van der Waals surface area (Å²) in [5.41, 5.74) is 2.36. The quantitative estimate of drug-likeness (QED) is 0.575. The van der Waals surface area contributed by atoms with Gasteiger partial charge in [-0.15, -0.1) is 0 Å². The molecule has 0 aromatic rings.